The molecule has 0 saturated carbocycles. The molecule has 12 heteroatoms. The van der Waals surface area contributed by atoms with Crippen LogP contribution in [0.3, 0.4) is 0 Å². The molecule has 0 bridgehead atoms. The minimum atomic E-state index is -4.47. The second kappa shape index (κ2) is 12.7. The van der Waals surface area contributed by atoms with Crippen molar-refractivity contribution in [3.8, 4) is 0 Å². The van der Waals surface area contributed by atoms with E-state index in [1.165, 1.54) is 31.4 Å². The molecule has 3 aromatic rings. The molecular formula is C30H28F6O6. The van der Waals surface area contributed by atoms with Gasteiger partial charge in [-0.3, -0.25) is 0 Å². The molecule has 2 saturated heterocycles. The van der Waals surface area contributed by atoms with Crippen molar-refractivity contribution in [3.05, 3.63) is 107 Å². The molecule has 0 amide bonds. The Bertz CT molecular complexity index is 1280. The van der Waals surface area contributed by atoms with Crippen molar-refractivity contribution < 1.29 is 54.8 Å². The standard InChI is InChI=1S/C30H28F6O6/c1-37-28-26(39-16-19-9-13-22(14-10-19)30(34,35)36)25(38-15-18-7-11-21(12-8-18)29(31,32)33)24-23(41-28)17-40-27(42-24)20-5-3-2-4-6-20/h2-14,23-28H,15-17H2,1H3/t23-,24-,25+,26-,27?,28+/m1/s1. The lowest BCUT2D eigenvalue weighted by molar-refractivity contribution is -0.369. The van der Waals surface area contributed by atoms with Gasteiger partial charge in [0.05, 0.1) is 30.9 Å². The predicted molar refractivity (Wildman–Crippen MR) is 136 cm³/mol. The molecule has 2 heterocycles. The van der Waals surface area contributed by atoms with Gasteiger partial charge in [0, 0.05) is 12.7 Å². The molecule has 0 N–H and O–H groups in total. The Morgan fingerprint density at radius 3 is 1.71 bits per heavy atom. The Morgan fingerprint density at radius 2 is 1.21 bits per heavy atom. The van der Waals surface area contributed by atoms with Gasteiger partial charge in [0.15, 0.2) is 12.6 Å². The van der Waals surface area contributed by atoms with Gasteiger partial charge in [-0.25, -0.2) is 0 Å². The Hall–Kier alpha value is -3.00. The maximum absolute atomic E-state index is 13.0. The molecule has 0 aromatic heterocycles. The smallest absolute Gasteiger partial charge is 0.368 e. The SMILES string of the molecule is CO[C@H]1O[C@@H]2COC(c3ccccc3)O[C@H]2[C@H](OCc2ccc(C(F)(F)F)cc2)[C@H]1OCc1ccc(C(F)(F)F)cc1. The van der Waals surface area contributed by atoms with Crippen LogP contribution in [0.15, 0.2) is 78.9 Å². The molecule has 6 atom stereocenters. The first-order chi connectivity index (χ1) is 20.0. The number of alkyl halides is 6. The molecule has 0 spiro atoms. The third-order valence-corrected chi connectivity index (χ3v) is 7.04. The fraction of sp³-hybridized carbons (Fsp3) is 0.400. The lowest BCUT2D eigenvalue weighted by atomic mass is 9.97. The highest BCUT2D eigenvalue weighted by Gasteiger charge is 2.51. The summed E-state index contributed by atoms with van der Waals surface area (Å²) in [6.45, 7) is -0.0408. The maximum atomic E-state index is 13.0. The first-order valence-electron chi connectivity index (χ1n) is 13.1. The van der Waals surface area contributed by atoms with E-state index in [1.54, 1.807) is 0 Å². The molecule has 3 aromatic carbocycles. The number of fused-ring (bicyclic) bond motifs is 1. The number of benzene rings is 3. The Morgan fingerprint density at radius 1 is 0.690 bits per heavy atom. The summed E-state index contributed by atoms with van der Waals surface area (Å²) in [7, 11) is 1.41. The first-order valence-corrected chi connectivity index (χ1v) is 13.1. The van der Waals surface area contributed by atoms with Crippen molar-refractivity contribution in [1.82, 2.24) is 0 Å². The van der Waals surface area contributed by atoms with Crippen LogP contribution in [0.2, 0.25) is 0 Å². The summed E-state index contributed by atoms with van der Waals surface area (Å²) in [6.07, 6.45) is -13.8. The zero-order chi connectivity index (χ0) is 29.9. The summed E-state index contributed by atoms with van der Waals surface area (Å²) < 4.78 is 114. The highest BCUT2D eigenvalue weighted by molar-refractivity contribution is 5.25. The van der Waals surface area contributed by atoms with Crippen LogP contribution >= 0.6 is 0 Å². The summed E-state index contributed by atoms with van der Waals surface area (Å²) in [5.74, 6) is 0. The molecule has 2 aliphatic rings. The molecule has 0 aliphatic carbocycles. The number of hydrogen-bond donors (Lipinski definition) is 0. The fourth-order valence-corrected chi connectivity index (χ4v) is 4.85. The van der Waals surface area contributed by atoms with Crippen molar-refractivity contribution in [1.29, 1.82) is 0 Å². The highest BCUT2D eigenvalue weighted by Crippen LogP contribution is 2.37. The molecule has 6 nitrogen and oxygen atoms in total. The number of ether oxygens (including phenoxy) is 6. The van der Waals surface area contributed by atoms with Gasteiger partial charge in [-0.2, -0.15) is 26.3 Å². The van der Waals surface area contributed by atoms with E-state index in [0.29, 0.717) is 11.1 Å². The fourth-order valence-electron chi connectivity index (χ4n) is 4.85. The predicted octanol–water partition coefficient (Wildman–Crippen LogP) is 6.68. The van der Waals surface area contributed by atoms with Gasteiger partial charge in [-0.1, -0.05) is 54.6 Å². The van der Waals surface area contributed by atoms with E-state index >= 15 is 0 Å². The van der Waals surface area contributed by atoms with Crippen LogP contribution in [0.5, 0.6) is 0 Å². The Kier molecular flexibility index (Phi) is 9.21. The summed E-state index contributed by atoms with van der Waals surface area (Å²) in [6, 6.07) is 18.3. The van der Waals surface area contributed by atoms with Crippen LogP contribution in [-0.4, -0.2) is 44.4 Å². The van der Waals surface area contributed by atoms with Crippen LogP contribution in [0.1, 0.15) is 34.1 Å². The molecular weight excluding hydrogens is 570 g/mol. The molecule has 0 radical (unpaired) electrons. The Labute approximate surface area is 238 Å². The molecule has 5 rings (SSSR count). The van der Waals surface area contributed by atoms with E-state index in [2.05, 4.69) is 0 Å². The quantitative estimate of drug-likeness (QED) is 0.270. The maximum Gasteiger partial charge on any atom is 0.416 e. The number of hydrogen-bond acceptors (Lipinski definition) is 6. The minimum absolute atomic E-state index is 0.0805. The van der Waals surface area contributed by atoms with Gasteiger partial charge in [0.25, 0.3) is 0 Å². The van der Waals surface area contributed by atoms with Crippen molar-refractivity contribution in [2.24, 2.45) is 0 Å². The lowest BCUT2D eigenvalue weighted by Crippen LogP contribution is -2.63. The zero-order valence-corrected chi connectivity index (χ0v) is 22.3. The average Bonchev–Trinajstić information content (AvgIpc) is 2.98. The number of halogens is 6. The van der Waals surface area contributed by atoms with E-state index in [9.17, 15) is 26.3 Å². The first kappa shape index (κ1) is 30.5. The van der Waals surface area contributed by atoms with E-state index in [0.717, 1.165) is 29.8 Å². The van der Waals surface area contributed by atoms with Crippen LogP contribution < -0.4 is 0 Å². The molecule has 2 fully saturated rings. The van der Waals surface area contributed by atoms with Crippen molar-refractivity contribution in [2.75, 3.05) is 13.7 Å². The second-order valence-electron chi connectivity index (χ2n) is 9.90. The second-order valence-corrected chi connectivity index (χ2v) is 9.90. The number of rotatable bonds is 8. The average molecular weight is 599 g/mol. The topological polar surface area (TPSA) is 55.4 Å². The van der Waals surface area contributed by atoms with Gasteiger partial charge >= 0.3 is 12.4 Å². The molecule has 42 heavy (non-hydrogen) atoms. The summed E-state index contributed by atoms with van der Waals surface area (Å²) >= 11 is 0. The van der Waals surface area contributed by atoms with Crippen molar-refractivity contribution in [3.63, 3.8) is 0 Å². The molecule has 1 unspecified atom stereocenters. The van der Waals surface area contributed by atoms with Gasteiger partial charge in [0.2, 0.25) is 0 Å². The lowest BCUT2D eigenvalue weighted by Gasteiger charge is -2.48. The Balaban J connectivity index is 1.37. The minimum Gasteiger partial charge on any atom is -0.368 e. The van der Waals surface area contributed by atoms with E-state index < -0.39 is 60.5 Å². The third-order valence-electron chi connectivity index (χ3n) is 7.04. The zero-order valence-electron chi connectivity index (χ0n) is 22.3. The van der Waals surface area contributed by atoms with Crippen LogP contribution in [0.25, 0.3) is 0 Å². The van der Waals surface area contributed by atoms with E-state index in [4.69, 9.17) is 28.4 Å². The molecule has 2 aliphatic heterocycles. The summed E-state index contributed by atoms with van der Waals surface area (Å²) in [5.41, 5.74) is 0.136. The van der Waals surface area contributed by atoms with E-state index in [-0.39, 0.29) is 19.8 Å². The molecule has 226 valence electrons. The van der Waals surface area contributed by atoms with Gasteiger partial charge in [-0.15, -0.1) is 0 Å². The monoisotopic (exact) mass is 598 g/mol. The normalized spacial score (nSPS) is 26.5. The van der Waals surface area contributed by atoms with Crippen LogP contribution in [0, 0.1) is 0 Å². The highest BCUT2D eigenvalue weighted by atomic mass is 19.4. The van der Waals surface area contributed by atoms with Gasteiger partial charge < -0.3 is 28.4 Å². The van der Waals surface area contributed by atoms with Gasteiger partial charge in [-0.05, 0) is 35.4 Å². The van der Waals surface area contributed by atoms with Crippen molar-refractivity contribution >= 4 is 0 Å². The summed E-state index contributed by atoms with van der Waals surface area (Å²) in [5, 5.41) is 0. The summed E-state index contributed by atoms with van der Waals surface area (Å²) in [4.78, 5) is 0. The number of methoxy groups -OCH3 is 1. The van der Waals surface area contributed by atoms with Crippen LogP contribution in [-0.2, 0) is 54.0 Å². The van der Waals surface area contributed by atoms with Crippen molar-refractivity contribution in [2.45, 2.75) is 62.6 Å². The largest absolute Gasteiger partial charge is 0.416 e. The third kappa shape index (κ3) is 7.13. The van der Waals surface area contributed by atoms with Gasteiger partial charge in [0.1, 0.15) is 24.4 Å². The van der Waals surface area contributed by atoms with Crippen LogP contribution in [0.4, 0.5) is 26.3 Å². The van der Waals surface area contributed by atoms with E-state index in [1.807, 2.05) is 30.3 Å².